The van der Waals surface area contributed by atoms with Crippen molar-refractivity contribution in [3.8, 4) is 0 Å². The van der Waals surface area contributed by atoms with E-state index < -0.39 is 6.04 Å². The predicted molar refractivity (Wildman–Crippen MR) is 126 cm³/mol. The van der Waals surface area contributed by atoms with Crippen molar-refractivity contribution in [1.82, 2.24) is 19.7 Å². The molecule has 1 aromatic carbocycles. The third-order valence-electron chi connectivity index (χ3n) is 7.42. The van der Waals surface area contributed by atoms with Crippen LogP contribution >= 0.6 is 0 Å². The molecule has 0 aliphatic carbocycles. The smallest absolute Gasteiger partial charge is 0.318 e. The molecule has 7 nitrogen and oxygen atoms in total. The number of hydrogen-bond acceptors (Lipinski definition) is 3. The highest BCUT2D eigenvalue weighted by atomic mass is 16.2. The maximum atomic E-state index is 13.4. The Bertz CT molecular complexity index is 1120. The lowest BCUT2D eigenvalue weighted by Crippen LogP contribution is -2.57. The monoisotopic (exact) mass is 448 g/mol. The fourth-order valence-electron chi connectivity index (χ4n) is 5.68. The molecule has 1 aromatic heterocycles. The first-order chi connectivity index (χ1) is 15.9. The molecule has 1 fully saturated rings. The SMILES string of the molecule is CC(C)C(NC(=O)N1CC2CC(C1)c1cccc(=O)n1C2)C(=O)N1CCc2ccccc2C1. The number of benzene rings is 1. The van der Waals surface area contributed by atoms with Gasteiger partial charge in [-0.05, 0) is 41.9 Å². The average Bonchev–Trinajstić information content (AvgIpc) is 2.82. The first-order valence-corrected chi connectivity index (χ1v) is 12.0. The van der Waals surface area contributed by atoms with E-state index in [0.29, 0.717) is 32.7 Å². The zero-order chi connectivity index (χ0) is 23.1. The molecule has 174 valence electrons. The maximum Gasteiger partial charge on any atom is 0.318 e. The normalized spacial score (nSPS) is 22.4. The Morgan fingerprint density at radius 2 is 1.76 bits per heavy atom. The fraction of sp³-hybridized carbons (Fsp3) is 0.500. The zero-order valence-electron chi connectivity index (χ0n) is 19.4. The molecule has 4 heterocycles. The van der Waals surface area contributed by atoms with E-state index in [1.54, 1.807) is 12.1 Å². The van der Waals surface area contributed by atoms with Crippen molar-refractivity contribution >= 4 is 11.9 Å². The van der Waals surface area contributed by atoms with Crippen molar-refractivity contribution in [3.63, 3.8) is 0 Å². The number of nitrogens with zero attached hydrogens (tertiary/aromatic N) is 3. The van der Waals surface area contributed by atoms with E-state index in [-0.39, 0.29) is 35.3 Å². The zero-order valence-corrected chi connectivity index (χ0v) is 19.4. The van der Waals surface area contributed by atoms with Gasteiger partial charge in [-0.3, -0.25) is 9.59 Å². The van der Waals surface area contributed by atoms with Crippen LogP contribution in [0.5, 0.6) is 0 Å². The number of likely N-dealkylation sites (tertiary alicyclic amines) is 1. The van der Waals surface area contributed by atoms with Gasteiger partial charge in [0.1, 0.15) is 6.04 Å². The van der Waals surface area contributed by atoms with Crippen LogP contribution in [0.1, 0.15) is 43.0 Å². The number of urea groups is 1. The molecule has 2 bridgehead atoms. The van der Waals surface area contributed by atoms with E-state index in [1.165, 1.54) is 11.1 Å². The molecule has 3 unspecified atom stereocenters. The Morgan fingerprint density at radius 3 is 2.55 bits per heavy atom. The van der Waals surface area contributed by atoms with Gasteiger partial charge in [-0.1, -0.05) is 44.2 Å². The number of carbonyl (C=O) groups is 2. The minimum atomic E-state index is -0.556. The van der Waals surface area contributed by atoms with E-state index in [0.717, 1.165) is 18.5 Å². The van der Waals surface area contributed by atoms with Crippen LogP contribution < -0.4 is 10.9 Å². The summed E-state index contributed by atoms with van der Waals surface area (Å²) in [5, 5.41) is 3.06. The van der Waals surface area contributed by atoms with E-state index in [9.17, 15) is 14.4 Å². The van der Waals surface area contributed by atoms with Crippen LogP contribution in [0.3, 0.4) is 0 Å². The second-order valence-corrected chi connectivity index (χ2v) is 10.1. The summed E-state index contributed by atoms with van der Waals surface area (Å²) in [6.45, 7) is 7.06. The lowest BCUT2D eigenvalue weighted by atomic mass is 9.83. The van der Waals surface area contributed by atoms with Crippen molar-refractivity contribution in [2.45, 2.75) is 51.7 Å². The van der Waals surface area contributed by atoms with E-state index in [2.05, 4.69) is 17.4 Å². The molecular weight excluding hydrogens is 416 g/mol. The van der Waals surface area contributed by atoms with Gasteiger partial charge in [-0.2, -0.15) is 0 Å². The van der Waals surface area contributed by atoms with Gasteiger partial charge >= 0.3 is 6.03 Å². The second-order valence-electron chi connectivity index (χ2n) is 10.1. The summed E-state index contributed by atoms with van der Waals surface area (Å²) in [7, 11) is 0. The fourth-order valence-corrected chi connectivity index (χ4v) is 5.68. The van der Waals surface area contributed by atoms with Crippen molar-refractivity contribution in [3.05, 3.63) is 69.6 Å². The summed E-state index contributed by atoms with van der Waals surface area (Å²) in [6, 6.07) is 12.9. The quantitative estimate of drug-likeness (QED) is 0.784. The Morgan fingerprint density at radius 1 is 0.970 bits per heavy atom. The number of aromatic nitrogens is 1. The van der Waals surface area contributed by atoms with Gasteiger partial charge in [0, 0.05) is 50.4 Å². The van der Waals surface area contributed by atoms with Crippen LogP contribution in [-0.4, -0.2) is 52.0 Å². The number of hydrogen-bond donors (Lipinski definition) is 1. The summed E-state index contributed by atoms with van der Waals surface area (Å²) in [5.74, 6) is 0.391. The third-order valence-corrected chi connectivity index (χ3v) is 7.42. The molecule has 2 aromatic rings. The van der Waals surface area contributed by atoms with Gasteiger partial charge in [0.25, 0.3) is 5.56 Å². The minimum absolute atomic E-state index is 0.0118. The highest BCUT2D eigenvalue weighted by Crippen LogP contribution is 2.35. The van der Waals surface area contributed by atoms with Gasteiger partial charge in [-0.15, -0.1) is 0 Å². The largest absolute Gasteiger partial charge is 0.336 e. The van der Waals surface area contributed by atoms with E-state index in [1.807, 2.05) is 46.4 Å². The first kappa shape index (κ1) is 21.7. The molecule has 1 saturated heterocycles. The molecule has 1 N–H and O–H groups in total. The van der Waals surface area contributed by atoms with Crippen LogP contribution in [0, 0.1) is 11.8 Å². The molecule has 3 amide bonds. The second kappa shape index (κ2) is 8.69. The van der Waals surface area contributed by atoms with Crippen LogP contribution in [0.15, 0.2) is 47.3 Å². The summed E-state index contributed by atoms with van der Waals surface area (Å²) in [6.07, 6.45) is 1.84. The Balaban J connectivity index is 1.28. The molecule has 3 atom stereocenters. The van der Waals surface area contributed by atoms with Gasteiger partial charge in [-0.25, -0.2) is 4.79 Å². The van der Waals surface area contributed by atoms with E-state index >= 15 is 0 Å². The van der Waals surface area contributed by atoms with Gasteiger partial charge in [0.2, 0.25) is 5.91 Å². The molecule has 7 heteroatoms. The molecular formula is C26H32N4O3. The number of piperidine rings is 1. The summed E-state index contributed by atoms with van der Waals surface area (Å²) >= 11 is 0. The molecule has 0 saturated carbocycles. The maximum absolute atomic E-state index is 13.4. The number of nitrogens with one attached hydrogen (secondary N) is 1. The number of fused-ring (bicyclic) bond motifs is 5. The van der Waals surface area contributed by atoms with Crippen molar-refractivity contribution in [2.75, 3.05) is 19.6 Å². The molecule has 3 aliphatic rings. The van der Waals surface area contributed by atoms with Crippen molar-refractivity contribution in [1.29, 1.82) is 0 Å². The minimum Gasteiger partial charge on any atom is -0.336 e. The Hall–Kier alpha value is -3.09. The third kappa shape index (κ3) is 4.16. The van der Waals surface area contributed by atoms with Gasteiger partial charge < -0.3 is 19.7 Å². The molecule has 0 spiro atoms. The van der Waals surface area contributed by atoms with Gasteiger partial charge in [0.05, 0.1) is 0 Å². The summed E-state index contributed by atoms with van der Waals surface area (Å²) < 4.78 is 1.86. The number of amides is 3. The topological polar surface area (TPSA) is 74.6 Å². The lowest BCUT2D eigenvalue weighted by Gasteiger charge is -2.43. The summed E-state index contributed by atoms with van der Waals surface area (Å²) in [4.78, 5) is 42.7. The molecule has 33 heavy (non-hydrogen) atoms. The average molecular weight is 449 g/mol. The van der Waals surface area contributed by atoms with Crippen LogP contribution in [-0.2, 0) is 24.3 Å². The number of carbonyl (C=O) groups excluding carboxylic acids is 2. The first-order valence-electron chi connectivity index (χ1n) is 12.0. The van der Waals surface area contributed by atoms with Crippen LogP contribution in [0.25, 0.3) is 0 Å². The van der Waals surface area contributed by atoms with Crippen LogP contribution in [0.4, 0.5) is 4.79 Å². The summed E-state index contributed by atoms with van der Waals surface area (Å²) in [5.41, 5.74) is 3.53. The predicted octanol–water partition coefficient (Wildman–Crippen LogP) is 2.59. The Labute approximate surface area is 194 Å². The lowest BCUT2D eigenvalue weighted by molar-refractivity contribution is -0.135. The van der Waals surface area contributed by atoms with Crippen LogP contribution in [0.2, 0.25) is 0 Å². The highest BCUT2D eigenvalue weighted by molar-refractivity contribution is 5.87. The Kier molecular flexibility index (Phi) is 5.72. The van der Waals surface area contributed by atoms with Crippen molar-refractivity contribution in [2.24, 2.45) is 11.8 Å². The molecule has 0 radical (unpaired) electrons. The standard InChI is InChI=1S/C26H32N4O3/c1-17(2)24(25(32)28-11-10-19-6-3-4-7-20(19)15-28)27-26(33)29-13-18-12-21(16-29)22-8-5-9-23(31)30(22)14-18/h3-9,17-18,21,24H,10-16H2,1-2H3,(H,27,33). The molecule has 3 aliphatic heterocycles. The van der Waals surface area contributed by atoms with Gasteiger partial charge in [0.15, 0.2) is 0 Å². The number of rotatable bonds is 3. The number of pyridine rings is 1. The van der Waals surface area contributed by atoms with Crippen molar-refractivity contribution < 1.29 is 9.59 Å². The van der Waals surface area contributed by atoms with E-state index in [4.69, 9.17) is 0 Å². The molecule has 5 rings (SSSR count). The highest BCUT2D eigenvalue weighted by Gasteiger charge is 2.38.